The molecule has 0 spiro atoms. The summed E-state index contributed by atoms with van der Waals surface area (Å²) >= 11 is 0. The Hall–Kier alpha value is -1.85. The molecule has 1 unspecified atom stereocenters. The summed E-state index contributed by atoms with van der Waals surface area (Å²) < 4.78 is 5.43. The Morgan fingerprint density at radius 2 is 2.20 bits per heavy atom. The molecule has 0 aliphatic rings. The minimum absolute atomic E-state index is 0.0111. The van der Waals surface area contributed by atoms with Crippen molar-refractivity contribution in [3.8, 4) is 0 Å². The van der Waals surface area contributed by atoms with Crippen LogP contribution >= 0.6 is 0 Å². The largest absolute Gasteiger partial charge is 0.464 e. The number of aliphatic hydroxyl groups is 2. The number of hydrogen-bond acceptors (Lipinski definition) is 4. The van der Waals surface area contributed by atoms with Gasteiger partial charge in [-0.15, -0.1) is 0 Å². The Bertz CT molecular complexity index is 615. The van der Waals surface area contributed by atoms with Gasteiger partial charge >= 0.3 is 0 Å². The van der Waals surface area contributed by atoms with E-state index in [1.165, 1.54) is 6.92 Å². The quantitative estimate of drug-likeness (QED) is 0.765. The van der Waals surface area contributed by atoms with Crippen LogP contribution in [0, 0.1) is 6.92 Å². The smallest absolute Gasteiger partial charge is 0.224 e. The molecule has 5 heteroatoms. The van der Waals surface area contributed by atoms with Crippen molar-refractivity contribution in [2.45, 2.75) is 25.9 Å². The molecule has 0 saturated heterocycles. The normalized spacial score (nSPS) is 14.2. The number of aliphatic hydroxyl groups excluding tert-OH is 1. The second-order valence-corrected chi connectivity index (χ2v) is 5.37. The fourth-order valence-corrected chi connectivity index (χ4v) is 1.91. The summed E-state index contributed by atoms with van der Waals surface area (Å²) in [6.07, 6.45) is 1.76. The van der Waals surface area contributed by atoms with Crippen LogP contribution in [-0.4, -0.2) is 34.9 Å². The number of carbonyl (C=O) groups is 1. The first-order valence-corrected chi connectivity index (χ1v) is 6.48. The van der Waals surface area contributed by atoms with Gasteiger partial charge in [-0.05, 0) is 25.5 Å². The van der Waals surface area contributed by atoms with Crippen LogP contribution in [0.25, 0.3) is 11.0 Å². The molecule has 20 heavy (non-hydrogen) atoms. The zero-order valence-electron chi connectivity index (χ0n) is 11.6. The van der Waals surface area contributed by atoms with Gasteiger partial charge in [-0.1, -0.05) is 12.1 Å². The molecular weight excluding hydrogens is 258 g/mol. The number of amides is 1. The van der Waals surface area contributed by atoms with Crippen molar-refractivity contribution in [2.75, 3.05) is 13.2 Å². The Kier molecular flexibility index (Phi) is 4.11. The Balaban J connectivity index is 2.03. The average molecular weight is 277 g/mol. The minimum atomic E-state index is -1.30. The van der Waals surface area contributed by atoms with Gasteiger partial charge in [0.05, 0.1) is 19.3 Å². The molecule has 0 fully saturated rings. The molecule has 0 aliphatic carbocycles. The van der Waals surface area contributed by atoms with Crippen LogP contribution in [0.1, 0.15) is 18.1 Å². The third-order valence-corrected chi connectivity index (χ3v) is 3.17. The van der Waals surface area contributed by atoms with Crippen LogP contribution in [0.4, 0.5) is 0 Å². The molecule has 108 valence electrons. The molecule has 5 nitrogen and oxygen atoms in total. The predicted octanol–water partition coefficient (Wildman–Crippen LogP) is 1.14. The second kappa shape index (κ2) is 5.64. The Labute approximate surface area is 117 Å². The fraction of sp³-hybridized carbons (Fsp3) is 0.400. The first-order chi connectivity index (χ1) is 9.41. The summed E-state index contributed by atoms with van der Waals surface area (Å²) in [6.45, 7) is 3.05. The SMILES string of the molecule is Cc1ccc2c(CC(=O)NCC(C)(O)CO)coc2c1. The predicted molar refractivity (Wildman–Crippen MR) is 75.4 cm³/mol. The van der Waals surface area contributed by atoms with Gasteiger partial charge in [0.2, 0.25) is 5.91 Å². The maximum atomic E-state index is 11.8. The van der Waals surface area contributed by atoms with E-state index in [0.717, 1.165) is 22.1 Å². The lowest BCUT2D eigenvalue weighted by Crippen LogP contribution is -2.43. The lowest BCUT2D eigenvalue weighted by Gasteiger charge is -2.20. The number of benzene rings is 1. The molecule has 1 amide bonds. The highest BCUT2D eigenvalue weighted by Crippen LogP contribution is 2.22. The molecule has 2 rings (SSSR count). The summed E-state index contributed by atoms with van der Waals surface area (Å²) in [4.78, 5) is 11.8. The minimum Gasteiger partial charge on any atom is -0.464 e. The number of carbonyl (C=O) groups excluding carboxylic acids is 1. The molecule has 1 aromatic heterocycles. The lowest BCUT2D eigenvalue weighted by atomic mass is 10.1. The maximum absolute atomic E-state index is 11.8. The summed E-state index contributed by atoms with van der Waals surface area (Å²) in [5.74, 6) is -0.220. The van der Waals surface area contributed by atoms with Crippen LogP contribution in [0.5, 0.6) is 0 Å². The highest BCUT2D eigenvalue weighted by molar-refractivity contribution is 5.87. The van der Waals surface area contributed by atoms with Crippen LogP contribution in [0.2, 0.25) is 0 Å². The molecule has 0 saturated carbocycles. The van der Waals surface area contributed by atoms with Gasteiger partial charge in [0.25, 0.3) is 0 Å². The standard InChI is InChI=1S/C15H19NO4/c1-10-3-4-12-11(7-20-13(12)5-10)6-14(18)16-8-15(2,19)9-17/h3-5,7,17,19H,6,8-9H2,1-2H3,(H,16,18). The van der Waals surface area contributed by atoms with Crippen LogP contribution in [0.15, 0.2) is 28.9 Å². The summed E-state index contributed by atoms with van der Waals surface area (Å²) in [6, 6.07) is 5.82. The number of aryl methyl sites for hydroxylation is 1. The van der Waals surface area contributed by atoms with Gasteiger partial charge in [0.15, 0.2) is 0 Å². The van der Waals surface area contributed by atoms with E-state index in [-0.39, 0.29) is 18.9 Å². The maximum Gasteiger partial charge on any atom is 0.224 e. The fourth-order valence-electron chi connectivity index (χ4n) is 1.91. The van der Waals surface area contributed by atoms with Crippen molar-refractivity contribution < 1.29 is 19.4 Å². The van der Waals surface area contributed by atoms with Gasteiger partial charge in [0.1, 0.15) is 11.2 Å². The lowest BCUT2D eigenvalue weighted by molar-refractivity contribution is -0.121. The number of nitrogens with one attached hydrogen (secondary N) is 1. The summed E-state index contributed by atoms with van der Waals surface area (Å²) in [5, 5.41) is 22.0. The van der Waals surface area contributed by atoms with Crippen LogP contribution in [-0.2, 0) is 11.2 Å². The third kappa shape index (κ3) is 3.37. The van der Waals surface area contributed by atoms with Crippen LogP contribution in [0.3, 0.4) is 0 Å². The number of furan rings is 1. The average Bonchev–Trinajstić information content (AvgIpc) is 2.79. The molecule has 1 heterocycles. The molecular formula is C15H19NO4. The van der Waals surface area contributed by atoms with E-state index in [1.807, 2.05) is 25.1 Å². The molecule has 1 atom stereocenters. The topological polar surface area (TPSA) is 82.7 Å². The zero-order valence-corrected chi connectivity index (χ0v) is 11.6. The molecule has 3 N–H and O–H groups in total. The monoisotopic (exact) mass is 277 g/mol. The molecule has 2 aromatic rings. The van der Waals surface area contributed by atoms with Crippen molar-refractivity contribution in [3.63, 3.8) is 0 Å². The van der Waals surface area contributed by atoms with Crippen molar-refractivity contribution >= 4 is 16.9 Å². The molecule has 0 radical (unpaired) electrons. The van der Waals surface area contributed by atoms with E-state index >= 15 is 0 Å². The van der Waals surface area contributed by atoms with E-state index in [0.29, 0.717) is 0 Å². The van der Waals surface area contributed by atoms with Crippen molar-refractivity contribution in [1.29, 1.82) is 0 Å². The summed E-state index contributed by atoms with van der Waals surface area (Å²) in [7, 11) is 0. The first kappa shape index (κ1) is 14.6. The number of rotatable bonds is 5. The van der Waals surface area contributed by atoms with E-state index in [2.05, 4.69) is 5.32 Å². The van der Waals surface area contributed by atoms with Gasteiger partial charge in [-0.3, -0.25) is 4.79 Å². The van der Waals surface area contributed by atoms with Crippen molar-refractivity contribution in [3.05, 3.63) is 35.6 Å². The Morgan fingerprint density at radius 1 is 1.45 bits per heavy atom. The Morgan fingerprint density at radius 3 is 2.90 bits per heavy atom. The molecule has 1 aromatic carbocycles. The van der Waals surface area contributed by atoms with E-state index in [9.17, 15) is 9.90 Å². The van der Waals surface area contributed by atoms with E-state index < -0.39 is 12.2 Å². The zero-order chi connectivity index (χ0) is 14.8. The molecule has 0 aliphatic heterocycles. The summed E-state index contributed by atoms with van der Waals surface area (Å²) in [5.41, 5.74) is 1.36. The molecule has 0 bridgehead atoms. The van der Waals surface area contributed by atoms with Crippen molar-refractivity contribution in [2.24, 2.45) is 0 Å². The van der Waals surface area contributed by atoms with Gasteiger partial charge < -0.3 is 19.9 Å². The second-order valence-electron chi connectivity index (χ2n) is 5.37. The highest BCUT2D eigenvalue weighted by Gasteiger charge is 2.20. The van der Waals surface area contributed by atoms with Gasteiger partial charge in [-0.25, -0.2) is 0 Å². The van der Waals surface area contributed by atoms with Crippen molar-refractivity contribution in [1.82, 2.24) is 5.32 Å². The van der Waals surface area contributed by atoms with Gasteiger partial charge in [0, 0.05) is 17.5 Å². The van der Waals surface area contributed by atoms with E-state index in [1.54, 1.807) is 6.26 Å². The number of fused-ring (bicyclic) bond motifs is 1. The van der Waals surface area contributed by atoms with Gasteiger partial charge in [-0.2, -0.15) is 0 Å². The highest BCUT2D eigenvalue weighted by atomic mass is 16.3. The van der Waals surface area contributed by atoms with E-state index in [4.69, 9.17) is 9.52 Å². The van der Waals surface area contributed by atoms with Crippen LogP contribution < -0.4 is 5.32 Å². The first-order valence-electron chi connectivity index (χ1n) is 6.48. The number of hydrogen-bond donors (Lipinski definition) is 3. The third-order valence-electron chi connectivity index (χ3n) is 3.17.